The van der Waals surface area contributed by atoms with Crippen molar-refractivity contribution in [2.24, 2.45) is 7.05 Å². The molecule has 0 saturated heterocycles. The summed E-state index contributed by atoms with van der Waals surface area (Å²) in [6.45, 7) is 6.28. The molecule has 0 aliphatic carbocycles. The SMILES string of the molecule is CC.Cn1c2c(c3ccc(-n4ccc(OCc5ccc(Cl)cc5)cc4=O)cc31)CNCC2. The van der Waals surface area contributed by atoms with E-state index in [0.29, 0.717) is 17.4 Å². The van der Waals surface area contributed by atoms with Gasteiger partial charge in [0.15, 0.2) is 0 Å². The van der Waals surface area contributed by atoms with Crippen molar-refractivity contribution in [2.45, 2.75) is 33.4 Å². The first-order chi connectivity index (χ1) is 15.6. The number of nitrogens with one attached hydrogen (secondary N) is 1. The molecule has 0 amide bonds. The van der Waals surface area contributed by atoms with E-state index in [1.165, 1.54) is 22.7 Å². The molecule has 4 aromatic rings. The van der Waals surface area contributed by atoms with Crippen molar-refractivity contribution < 1.29 is 4.74 Å². The number of pyridine rings is 1. The Bertz CT molecular complexity index is 1290. The Morgan fingerprint density at radius 1 is 1.06 bits per heavy atom. The lowest BCUT2D eigenvalue weighted by Gasteiger charge is -2.14. The molecule has 32 heavy (non-hydrogen) atoms. The highest BCUT2D eigenvalue weighted by molar-refractivity contribution is 6.30. The van der Waals surface area contributed by atoms with Crippen molar-refractivity contribution in [3.63, 3.8) is 0 Å². The minimum absolute atomic E-state index is 0.122. The van der Waals surface area contributed by atoms with Gasteiger partial charge in [-0.25, -0.2) is 0 Å². The lowest BCUT2D eigenvalue weighted by atomic mass is 10.1. The van der Waals surface area contributed by atoms with Crippen molar-refractivity contribution in [3.05, 3.63) is 93.0 Å². The number of nitrogens with zero attached hydrogens (tertiary/aromatic N) is 2. The Hall–Kier alpha value is -3.02. The van der Waals surface area contributed by atoms with E-state index in [9.17, 15) is 4.79 Å². The van der Waals surface area contributed by atoms with Crippen LogP contribution in [-0.4, -0.2) is 15.7 Å². The smallest absolute Gasteiger partial charge is 0.258 e. The monoisotopic (exact) mass is 449 g/mol. The third-order valence-electron chi connectivity index (χ3n) is 5.75. The van der Waals surface area contributed by atoms with Gasteiger partial charge in [0.25, 0.3) is 5.56 Å². The van der Waals surface area contributed by atoms with Crippen molar-refractivity contribution in [2.75, 3.05) is 6.54 Å². The first kappa shape index (κ1) is 22.2. The van der Waals surface area contributed by atoms with Gasteiger partial charge in [0.05, 0.1) is 11.2 Å². The van der Waals surface area contributed by atoms with Crippen LogP contribution in [0, 0.1) is 0 Å². The maximum atomic E-state index is 12.8. The molecule has 0 unspecified atom stereocenters. The van der Waals surface area contributed by atoms with Crippen LogP contribution in [0.15, 0.2) is 65.6 Å². The number of hydrogen-bond acceptors (Lipinski definition) is 3. The maximum Gasteiger partial charge on any atom is 0.258 e. The van der Waals surface area contributed by atoms with Crippen LogP contribution in [0.25, 0.3) is 16.6 Å². The fourth-order valence-electron chi connectivity index (χ4n) is 4.15. The van der Waals surface area contributed by atoms with Crippen molar-refractivity contribution in [3.8, 4) is 11.4 Å². The molecule has 1 N–H and O–H groups in total. The number of fused-ring (bicyclic) bond motifs is 3. The van der Waals surface area contributed by atoms with E-state index in [-0.39, 0.29) is 5.56 Å². The highest BCUT2D eigenvalue weighted by Gasteiger charge is 2.18. The molecule has 0 bridgehead atoms. The van der Waals surface area contributed by atoms with Gasteiger partial charge < -0.3 is 14.6 Å². The van der Waals surface area contributed by atoms with Gasteiger partial charge in [-0.05, 0) is 41.5 Å². The Morgan fingerprint density at radius 3 is 2.59 bits per heavy atom. The minimum atomic E-state index is -0.122. The van der Waals surface area contributed by atoms with E-state index >= 15 is 0 Å². The predicted octanol–water partition coefficient (Wildman–Crippen LogP) is 5.23. The molecular weight excluding hydrogens is 422 g/mol. The van der Waals surface area contributed by atoms with Crippen LogP contribution in [0.4, 0.5) is 0 Å². The topological polar surface area (TPSA) is 48.2 Å². The molecule has 0 radical (unpaired) electrons. The molecule has 0 fully saturated rings. The van der Waals surface area contributed by atoms with Gasteiger partial charge in [0.2, 0.25) is 0 Å². The number of halogens is 1. The lowest BCUT2D eigenvalue weighted by Crippen LogP contribution is -2.24. The molecule has 166 valence electrons. The molecule has 6 heteroatoms. The molecule has 0 spiro atoms. The number of benzene rings is 2. The van der Waals surface area contributed by atoms with Crippen LogP contribution in [0.5, 0.6) is 5.75 Å². The third-order valence-corrected chi connectivity index (χ3v) is 6.00. The average Bonchev–Trinajstić information content (AvgIpc) is 3.12. The lowest BCUT2D eigenvalue weighted by molar-refractivity contribution is 0.305. The molecule has 2 aromatic carbocycles. The Labute approximate surface area is 193 Å². The van der Waals surface area contributed by atoms with Crippen LogP contribution < -0.4 is 15.6 Å². The van der Waals surface area contributed by atoms with E-state index in [1.54, 1.807) is 10.8 Å². The third kappa shape index (κ3) is 4.31. The van der Waals surface area contributed by atoms with Crippen molar-refractivity contribution >= 4 is 22.5 Å². The summed E-state index contributed by atoms with van der Waals surface area (Å²) < 4.78 is 9.69. The molecule has 0 atom stereocenters. The number of rotatable bonds is 4. The van der Waals surface area contributed by atoms with Crippen LogP contribution >= 0.6 is 11.6 Å². The Balaban J connectivity index is 0.00000119. The average molecular weight is 450 g/mol. The molecular formula is C26H28ClN3O2. The minimum Gasteiger partial charge on any atom is -0.489 e. The zero-order valence-corrected chi connectivity index (χ0v) is 19.4. The summed E-state index contributed by atoms with van der Waals surface area (Å²) in [5.74, 6) is 0.549. The quantitative estimate of drug-likeness (QED) is 0.464. The van der Waals surface area contributed by atoms with Gasteiger partial charge in [0.1, 0.15) is 12.4 Å². The fourth-order valence-corrected chi connectivity index (χ4v) is 4.28. The maximum absolute atomic E-state index is 12.8. The normalized spacial score (nSPS) is 12.8. The molecule has 0 saturated carbocycles. The predicted molar refractivity (Wildman–Crippen MR) is 131 cm³/mol. The number of hydrogen-bond donors (Lipinski definition) is 1. The van der Waals surface area contributed by atoms with Gasteiger partial charge in [-0.1, -0.05) is 43.6 Å². The van der Waals surface area contributed by atoms with E-state index in [1.807, 2.05) is 50.2 Å². The van der Waals surface area contributed by atoms with E-state index in [4.69, 9.17) is 16.3 Å². The van der Waals surface area contributed by atoms with Crippen LogP contribution in [0.1, 0.15) is 30.7 Å². The van der Waals surface area contributed by atoms with Crippen LogP contribution in [0.2, 0.25) is 5.02 Å². The second-order valence-corrected chi connectivity index (χ2v) is 8.03. The van der Waals surface area contributed by atoms with Crippen molar-refractivity contribution in [1.82, 2.24) is 14.5 Å². The zero-order chi connectivity index (χ0) is 22.7. The van der Waals surface area contributed by atoms with Crippen molar-refractivity contribution in [1.29, 1.82) is 0 Å². The van der Waals surface area contributed by atoms with Gasteiger partial charge in [-0.3, -0.25) is 9.36 Å². The van der Waals surface area contributed by atoms with Crippen LogP contribution in [0.3, 0.4) is 0 Å². The Kier molecular flexibility index (Phi) is 6.68. The summed E-state index contributed by atoms with van der Waals surface area (Å²) in [6, 6.07) is 17.0. The summed E-state index contributed by atoms with van der Waals surface area (Å²) in [5.41, 5.74) is 5.61. The van der Waals surface area contributed by atoms with Gasteiger partial charge in [-0.15, -0.1) is 0 Å². The molecule has 5 nitrogen and oxygen atoms in total. The number of aryl methyl sites for hydroxylation is 1. The second kappa shape index (κ2) is 9.63. The van der Waals surface area contributed by atoms with E-state index in [0.717, 1.165) is 36.3 Å². The summed E-state index contributed by atoms with van der Waals surface area (Å²) in [5, 5.41) is 5.38. The summed E-state index contributed by atoms with van der Waals surface area (Å²) in [4.78, 5) is 12.8. The van der Waals surface area contributed by atoms with E-state index < -0.39 is 0 Å². The molecule has 3 heterocycles. The highest BCUT2D eigenvalue weighted by atomic mass is 35.5. The summed E-state index contributed by atoms with van der Waals surface area (Å²) >= 11 is 5.91. The van der Waals surface area contributed by atoms with E-state index in [2.05, 4.69) is 29.1 Å². The Morgan fingerprint density at radius 2 is 1.84 bits per heavy atom. The molecule has 5 rings (SSSR count). The fraction of sp³-hybridized carbons (Fsp3) is 0.269. The highest BCUT2D eigenvalue weighted by Crippen LogP contribution is 2.29. The summed E-state index contributed by atoms with van der Waals surface area (Å²) in [6.07, 6.45) is 2.79. The standard InChI is InChI=1S/C24H22ClN3O2.C2H6/c1-27-22-8-10-26-14-21(22)20-7-6-18(12-23(20)27)28-11-9-19(13-24(28)29)30-15-16-2-4-17(25)5-3-16;1-2/h2-7,9,11-13,26H,8,10,14-15H2,1H3;1-2H3. The second-order valence-electron chi connectivity index (χ2n) is 7.60. The van der Waals surface area contributed by atoms with Gasteiger partial charge in [-0.2, -0.15) is 0 Å². The molecule has 1 aliphatic rings. The largest absolute Gasteiger partial charge is 0.489 e. The van der Waals surface area contributed by atoms with Crippen LogP contribution in [-0.2, 0) is 26.6 Å². The zero-order valence-electron chi connectivity index (χ0n) is 18.7. The first-order valence-electron chi connectivity index (χ1n) is 11.0. The van der Waals surface area contributed by atoms with Gasteiger partial charge in [0, 0.05) is 54.9 Å². The number of ether oxygens (including phenoxy) is 1. The van der Waals surface area contributed by atoms with Gasteiger partial charge >= 0.3 is 0 Å². The number of aromatic nitrogens is 2. The molecule has 1 aliphatic heterocycles. The summed E-state index contributed by atoms with van der Waals surface area (Å²) in [7, 11) is 2.10. The first-order valence-corrected chi connectivity index (χ1v) is 11.4. The molecule has 2 aromatic heterocycles.